The third-order valence-corrected chi connectivity index (χ3v) is 3.46. The fourth-order valence-electron chi connectivity index (χ4n) is 2.97. The Kier molecular flexibility index (Phi) is 18.1. The van der Waals surface area contributed by atoms with Crippen molar-refractivity contribution in [3.05, 3.63) is 39.2 Å². The van der Waals surface area contributed by atoms with E-state index in [2.05, 4.69) is 84.2 Å². The van der Waals surface area contributed by atoms with E-state index in [4.69, 9.17) is 18.8 Å². The first-order chi connectivity index (χ1) is 8.10. The Balaban J connectivity index is 0. The molecular formula is C12H18Cl2I3PtV-2. The van der Waals surface area contributed by atoms with Gasteiger partial charge in [-0.2, -0.15) is 0 Å². The molecule has 0 nitrogen and oxygen atoms in total. The fourth-order valence-corrected chi connectivity index (χ4v) is 2.97. The Bertz CT molecular complexity index is 287. The molecule has 0 aromatic rings. The Morgan fingerprint density at radius 2 is 1.47 bits per heavy atom. The molecule has 2 unspecified atom stereocenters. The molecule has 1 saturated carbocycles. The van der Waals surface area contributed by atoms with Gasteiger partial charge in [0, 0.05) is 0 Å². The van der Waals surface area contributed by atoms with Crippen molar-refractivity contribution in [2.24, 2.45) is 23.7 Å². The monoisotopic (exact) mass is 859 g/mol. The normalized spacial score (nSPS) is 31.7. The van der Waals surface area contributed by atoms with Crippen molar-refractivity contribution in [1.82, 2.24) is 0 Å². The Morgan fingerprint density at radius 1 is 1.00 bits per heavy atom. The van der Waals surface area contributed by atoms with Gasteiger partial charge in [-0.25, -0.2) is 0 Å². The van der Waals surface area contributed by atoms with Crippen LogP contribution in [-0.2, 0) is 21.4 Å². The van der Waals surface area contributed by atoms with Crippen LogP contribution in [0.5, 0.6) is 0 Å². The van der Waals surface area contributed by atoms with Crippen LogP contribution >= 0.6 is 78.8 Å². The summed E-state index contributed by atoms with van der Waals surface area (Å²) in [6.45, 7) is 0. The van der Waals surface area contributed by atoms with Crippen molar-refractivity contribution in [1.29, 1.82) is 0 Å². The molecule has 0 amide bonds. The molecule has 4 atom stereocenters. The molecule has 0 aromatic heterocycles. The zero-order valence-electron chi connectivity index (χ0n) is 10.7. The third-order valence-electron chi connectivity index (χ3n) is 3.46. The molecule has 19 heavy (non-hydrogen) atoms. The SMILES string of the molecule is C1=C[C@@H]2C3C=CC(C3)[C@@H]2C1.[CH3-].[CH3-].[Cl][Pt][Cl].[I][V]([I])[I]. The average Bonchev–Trinajstić information content (AvgIpc) is 2.92. The quantitative estimate of drug-likeness (QED) is 0.136. The van der Waals surface area contributed by atoms with Gasteiger partial charge in [0.15, 0.2) is 0 Å². The second kappa shape index (κ2) is 13.9. The second-order valence-electron chi connectivity index (χ2n) is 4.09. The first kappa shape index (κ1) is 24.8. The van der Waals surface area contributed by atoms with E-state index >= 15 is 0 Å². The van der Waals surface area contributed by atoms with Crippen molar-refractivity contribution in [3.63, 3.8) is 0 Å². The molecule has 3 rings (SSSR count). The number of rotatable bonds is 0. The van der Waals surface area contributed by atoms with E-state index in [1.807, 2.05) is 0 Å². The minimum atomic E-state index is -0.472. The van der Waals surface area contributed by atoms with Crippen LogP contribution in [-0.4, -0.2) is 0 Å². The summed E-state index contributed by atoms with van der Waals surface area (Å²) in [4.78, 5) is -0.278. The van der Waals surface area contributed by atoms with E-state index in [0.717, 1.165) is 23.7 Å². The average molecular weight is 860 g/mol. The molecule has 2 bridgehead atoms. The van der Waals surface area contributed by atoms with E-state index in [-0.39, 0.29) is 19.8 Å². The zero-order valence-corrected chi connectivity index (χ0v) is 22.3. The molecule has 0 aromatic carbocycles. The topological polar surface area (TPSA) is 0 Å². The molecule has 0 saturated heterocycles. The number of hydrogen-bond donors (Lipinski definition) is 0. The van der Waals surface area contributed by atoms with Gasteiger partial charge < -0.3 is 14.9 Å². The number of hydrogen-bond acceptors (Lipinski definition) is 0. The van der Waals surface area contributed by atoms with Gasteiger partial charge in [0.2, 0.25) is 0 Å². The van der Waals surface area contributed by atoms with E-state index in [0.29, 0.717) is 0 Å². The molecule has 0 heterocycles. The van der Waals surface area contributed by atoms with Gasteiger partial charge >= 0.3 is 100 Å². The molecular weight excluding hydrogens is 842 g/mol. The maximum atomic E-state index is 4.88. The van der Waals surface area contributed by atoms with Crippen molar-refractivity contribution in [3.8, 4) is 0 Å². The van der Waals surface area contributed by atoms with Gasteiger partial charge in [-0.15, -0.1) is 0 Å². The van der Waals surface area contributed by atoms with E-state index in [9.17, 15) is 0 Å². The summed E-state index contributed by atoms with van der Waals surface area (Å²) >= 11 is 6.92. The van der Waals surface area contributed by atoms with Gasteiger partial charge in [0.1, 0.15) is 0 Å². The van der Waals surface area contributed by atoms with Gasteiger partial charge in [0.05, 0.1) is 0 Å². The summed E-state index contributed by atoms with van der Waals surface area (Å²) in [6.07, 6.45) is 12.5. The van der Waals surface area contributed by atoms with Crippen LogP contribution in [0.2, 0.25) is 0 Å². The Morgan fingerprint density at radius 3 is 1.95 bits per heavy atom. The standard InChI is InChI=1S/C10H12.2CH3.2ClH.3HI.Pt.V/c1-2-9-7-4-5-8(6-7)10(9)3-1;;;;;;;;;/h1-2,4-5,7-10H,3,6H2;2*1H3;5*1H;;/q;2*-1;;;;;;+2;+3/p-5/t7?,8?,9-,10+;;;;;;;;;/m1........./s1. The van der Waals surface area contributed by atoms with Gasteiger partial charge in [0.25, 0.3) is 0 Å². The predicted octanol–water partition coefficient (Wildman–Crippen LogP) is 7.32. The van der Waals surface area contributed by atoms with Crippen LogP contribution in [0.15, 0.2) is 24.3 Å². The summed E-state index contributed by atoms with van der Waals surface area (Å²) < 4.78 is 0. The summed E-state index contributed by atoms with van der Waals surface area (Å²) in [5, 5.41) is 0. The molecule has 0 N–H and O–H groups in total. The van der Waals surface area contributed by atoms with Crippen LogP contribution < -0.4 is 0 Å². The first-order valence-electron chi connectivity index (χ1n) is 5.05. The van der Waals surface area contributed by atoms with Crippen molar-refractivity contribution in [2.75, 3.05) is 0 Å². The number of fused-ring (bicyclic) bond motifs is 5. The molecule has 0 spiro atoms. The van der Waals surface area contributed by atoms with E-state index in [1.54, 1.807) is 0 Å². The molecule has 3 aliphatic carbocycles. The van der Waals surface area contributed by atoms with E-state index in [1.165, 1.54) is 12.8 Å². The summed E-state index contributed by atoms with van der Waals surface area (Å²) in [5.41, 5.74) is 0. The Labute approximate surface area is 172 Å². The van der Waals surface area contributed by atoms with Gasteiger partial charge in [-0.05, 0) is 36.5 Å². The van der Waals surface area contributed by atoms with Crippen LogP contribution in [0.3, 0.4) is 0 Å². The van der Waals surface area contributed by atoms with Crippen molar-refractivity contribution < 1.29 is 21.4 Å². The number of halogens is 5. The fraction of sp³-hybridized carbons (Fsp3) is 0.500. The first-order valence-corrected chi connectivity index (χ1v) is 24.2. The molecule has 0 radical (unpaired) electrons. The van der Waals surface area contributed by atoms with Crippen LogP contribution in [0, 0.1) is 38.5 Å². The van der Waals surface area contributed by atoms with Crippen LogP contribution in [0.4, 0.5) is 0 Å². The number of allylic oxidation sites excluding steroid dienone is 4. The maximum absolute atomic E-state index is 4.88. The van der Waals surface area contributed by atoms with Crippen molar-refractivity contribution >= 4 is 78.8 Å². The summed E-state index contributed by atoms with van der Waals surface area (Å²) in [6, 6.07) is 0. The summed E-state index contributed by atoms with van der Waals surface area (Å²) in [5.74, 6) is 3.82. The molecule has 7 heteroatoms. The predicted molar refractivity (Wildman–Crippen MR) is 108 cm³/mol. The third kappa shape index (κ3) is 8.81. The molecule has 118 valence electrons. The Hall–Kier alpha value is 3.52. The van der Waals surface area contributed by atoms with Gasteiger partial charge in [-0.1, -0.05) is 24.3 Å². The molecule has 0 aliphatic heterocycles. The molecule has 3 aliphatic rings. The van der Waals surface area contributed by atoms with Crippen LogP contribution in [0.1, 0.15) is 12.8 Å². The van der Waals surface area contributed by atoms with Crippen molar-refractivity contribution in [2.45, 2.75) is 12.8 Å². The summed E-state index contributed by atoms with van der Waals surface area (Å²) in [7, 11) is 9.75. The van der Waals surface area contributed by atoms with Crippen LogP contribution in [0.25, 0.3) is 0 Å². The molecule has 1 fully saturated rings. The second-order valence-corrected chi connectivity index (χ2v) is 42.7. The minimum absolute atomic E-state index is 0. The van der Waals surface area contributed by atoms with E-state index < -0.39 is 16.5 Å². The van der Waals surface area contributed by atoms with Gasteiger partial charge in [-0.3, -0.25) is 0 Å². The zero-order chi connectivity index (χ0) is 12.8.